The molecule has 512 valence electrons. The Hall–Kier alpha value is -7.21. The van der Waals surface area contributed by atoms with Crippen molar-refractivity contribution in [3.63, 3.8) is 0 Å². The molecular formula is C67H89F4N11O11S. The molecule has 94 heavy (non-hydrogen) atoms. The number of β-amino-alcohol motifs (C(OH)–C–C–N with tert-alkyl or cyclic N) is 1. The summed E-state index contributed by atoms with van der Waals surface area (Å²) in [5.74, 6) is -2.94. The number of aromatic nitrogens is 2. The van der Waals surface area contributed by atoms with Crippen LogP contribution in [0.25, 0.3) is 21.6 Å². The van der Waals surface area contributed by atoms with Gasteiger partial charge in [0.1, 0.15) is 17.9 Å². The van der Waals surface area contributed by atoms with Crippen LogP contribution in [0.5, 0.6) is 0 Å². The van der Waals surface area contributed by atoms with E-state index in [1.807, 2.05) is 59.0 Å². The monoisotopic (exact) mass is 1330 g/mol. The lowest BCUT2D eigenvalue weighted by Crippen LogP contribution is -2.57. The molecule has 5 heterocycles. The summed E-state index contributed by atoms with van der Waals surface area (Å²) in [6.07, 6.45) is -4.84. The van der Waals surface area contributed by atoms with Crippen LogP contribution < -0.4 is 31.7 Å². The van der Waals surface area contributed by atoms with Crippen LogP contribution in [0.2, 0.25) is 0 Å². The number of piperazine rings is 2. The van der Waals surface area contributed by atoms with Crippen molar-refractivity contribution in [1.82, 2.24) is 45.5 Å². The number of amides is 5. The molecule has 0 radical (unpaired) electrons. The van der Waals surface area contributed by atoms with E-state index in [1.165, 1.54) is 11.0 Å². The number of pyridine rings is 1. The number of thiazole rings is 1. The number of hydrogen-bond donors (Lipinski definition) is 6. The highest BCUT2D eigenvalue weighted by molar-refractivity contribution is 7.13. The number of aliphatic hydroxyl groups excluding tert-OH is 1. The fourth-order valence-electron chi connectivity index (χ4n) is 11.6. The van der Waals surface area contributed by atoms with Crippen LogP contribution in [0.3, 0.4) is 0 Å². The maximum Gasteiger partial charge on any atom is 0.417 e. The van der Waals surface area contributed by atoms with Crippen LogP contribution in [0, 0.1) is 18.2 Å². The third-order valence-corrected chi connectivity index (χ3v) is 18.1. The van der Waals surface area contributed by atoms with Crippen molar-refractivity contribution in [2.24, 2.45) is 5.41 Å². The lowest BCUT2D eigenvalue weighted by molar-refractivity contribution is -0.144. The predicted molar refractivity (Wildman–Crippen MR) is 350 cm³/mol. The molecule has 0 spiro atoms. The highest BCUT2D eigenvalue weighted by atomic mass is 32.1. The number of likely N-dealkylation sites (N-methyl/N-ethyl adjacent to an activating group) is 1. The van der Waals surface area contributed by atoms with E-state index in [2.05, 4.69) is 64.7 Å². The fourth-order valence-corrected chi connectivity index (χ4v) is 12.4. The number of anilines is 2. The maximum atomic E-state index is 15.7. The molecule has 5 aromatic rings. The minimum absolute atomic E-state index is 0.00682. The van der Waals surface area contributed by atoms with E-state index in [1.54, 1.807) is 47.2 Å². The number of halogens is 4. The van der Waals surface area contributed by atoms with E-state index >= 15 is 4.39 Å². The van der Waals surface area contributed by atoms with Gasteiger partial charge in [0.05, 0.1) is 97.5 Å². The van der Waals surface area contributed by atoms with Crippen LogP contribution in [0.1, 0.15) is 86.6 Å². The molecule has 3 aromatic carbocycles. The molecule has 0 bridgehead atoms. The van der Waals surface area contributed by atoms with Gasteiger partial charge in [0.15, 0.2) is 0 Å². The number of benzene rings is 3. The Morgan fingerprint density at radius 2 is 1.37 bits per heavy atom. The van der Waals surface area contributed by atoms with E-state index < -0.39 is 70.0 Å². The summed E-state index contributed by atoms with van der Waals surface area (Å²) < 4.78 is 80.2. The zero-order valence-electron chi connectivity index (χ0n) is 54.6. The normalized spacial score (nSPS) is 18.7. The molecule has 0 unspecified atom stereocenters. The van der Waals surface area contributed by atoms with E-state index in [4.69, 9.17) is 18.9 Å². The lowest BCUT2D eigenvalue weighted by atomic mass is 9.85. The summed E-state index contributed by atoms with van der Waals surface area (Å²) in [7, 11) is 2.02. The van der Waals surface area contributed by atoms with Gasteiger partial charge in [-0.15, -0.1) is 11.3 Å². The standard InChI is InChI=1S/C67H89F4N11O11S/c1-43-38-81(39-44(2)78(43)7)56-15-13-49(33-55(56)76-63(87)52-37-73-60(86)35-53(52)67(69,70)71)51-32-47(10-14-54(51)68)40-80-22-20-79(21-23-80)19-18-72-58(84)16-24-90-26-28-92-30-31-93-29-27-91-25-17-59(85)77-62(66(4,5)6)65(89)82-41-50(83)34-57(82)64(88)74-36-46-8-11-48(12-9-46)61-45(3)75-42-94-61/h8-15,32-33,35,37,42-44,50,57,62,83H,16-31,34,36,38-41H2,1-7H3,(H,72,84)(H,73,86)(H,74,88)(H,76,87)(H,77,85)/t43-,44+,50-,57+,62-/m1/s1. The van der Waals surface area contributed by atoms with Gasteiger partial charge in [0.2, 0.25) is 29.2 Å². The molecule has 0 aliphatic carbocycles. The molecular weight excluding hydrogens is 1240 g/mol. The summed E-state index contributed by atoms with van der Waals surface area (Å²) >= 11 is 1.56. The first-order valence-electron chi connectivity index (χ1n) is 31.9. The predicted octanol–water partition coefficient (Wildman–Crippen LogP) is 6.30. The third-order valence-electron chi connectivity index (χ3n) is 17.2. The largest absolute Gasteiger partial charge is 0.417 e. The number of aliphatic hydroxyl groups is 1. The number of hydrogen-bond acceptors (Lipinski definition) is 17. The summed E-state index contributed by atoms with van der Waals surface area (Å²) in [6, 6.07) is 16.5. The minimum atomic E-state index is -4.97. The van der Waals surface area contributed by atoms with Crippen molar-refractivity contribution >= 4 is 52.2 Å². The number of H-pyrrole nitrogens is 1. The van der Waals surface area contributed by atoms with Crippen molar-refractivity contribution in [3.05, 3.63) is 123 Å². The van der Waals surface area contributed by atoms with Gasteiger partial charge in [-0.05, 0) is 79.8 Å². The lowest BCUT2D eigenvalue weighted by Gasteiger charge is -2.44. The number of carbonyl (C=O) groups excluding carboxylic acids is 5. The van der Waals surface area contributed by atoms with Crippen molar-refractivity contribution in [3.8, 4) is 21.6 Å². The first kappa shape index (κ1) is 72.6. The molecule has 5 atom stereocenters. The Morgan fingerprint density at radius 3 is 1.99 bits per heavy atom. The summed E-state index contributed by atoms with van der Waals surface area (Å²) in [4.78, 5) is 96.3. The van der Waals surface area contributed by atoms with E-state index in [0.717, 1.165) is 59.6 Å². The highest BCUT2D eigenvalue weighted by Gasteiger charge is 2.45. The Labute approximate surface area is 550 Å². The second kappa shape index (κ2) is 33.9. The van der Waals surface area contributed by atoms with E-state index in [0.29, 0.717) is 76.5 Å². The maximum absolute atomic E-state index is 15.7. The Morgan fingerprint density at radius 1 is 0.766 bits per heavy atom. The number of rotatable bonds is 30. The van der Waals surface area contributed by atoms with Gasteiger partial charge < -0.3 is 60.1 Å². The molecule has 3 fully saturated rings. The average Bonchev–Trinajstić information content (AvgIpc) is 0.949. The molecule has 22 nitrogen and oxygen atoms in total. The first-order valence-corrected chi connectivity index (χ1v) is 32.8. The zero-order valence-corrected chi connectivity index (χ0v) is 55.4. The van der Waals surface area contributed by atoms with Crippen molar-refractivity contribution in [2.75, 3.05) is 129 Å². The highest BCUT2D eigenvalue weighted by Crippen LogP contribution is 2.37. The number of alkyl halides is 3. The topological polar surface area (TPSA) is 253 Å². The number of ether oxygens (including phenoxy) is 4. The Balaban J connectivity index is 0.659. The number of nitrogens with one attached hydrogen (secondary N) is 5. The average molecular weight is 1330 g/mol. The Bertz CT molecular complexity index is 3400. The van der Waals surface area contributed by atoms with Crippen LogP contribution in [0.15, 0.2) is 83.2 Å². The number of aromatic amines is 1. The van der Waals surface area contributed by atoms with Crippen LogP contribution in [0.4, 0.5) is 28.9 Å². The molecule has 2 aromatic heterocycles. The van der Waals surface area contributed by atoms with Crippen molar-refractivity contribution < 1.29 is 65.6 Å². The van der Waals surface area contributed by atoms with Crippen LogP contribution in [-0.4, -0.2) is 213 Å². The summed E-state index contributed by atoms with van der Waals surface area (Å²) in [5.41, 5.74) is 3.12. The number of carbonyl (C=O) groups is 5. The Kier molecular flexibility index (Phi) is 26.2. The van der Waals surface area contributed by atoms with Gasteiger partial charge in [-0.25, -0.2) is 9.37 Å². The van der Waals surface area contributed by atoms with E-state index in [9.17, 15) is 47.0 Å². The van der Waals surface area contributed by atoms with Crippen molar-refractivity contribution in [1.29, 1.82) is 0 Å². The number of aryl methyl sites for hydroxylation is 1. The quantitative estimate of drug-likeness (QED) is 0.0218. The third kappa shape index (κ3) is 20.6. The molecule has 0 saturated carbocycles. The van der Waals surface area contributed by atoms with Crippen molar-refractivity contribution in [2.45, 2.75) is 110 Å². The summed E-state index contributed by atoms with van der Waals surface area (Å²) in [5, 5.41) is 22.0. The van der Waals surface area contributed by atoms with E-state index in [-0.39, 0.29) is 93.9 Å². The van der Waals surface area contributed by atoms with Gasteiger partial charge in [0, 0.05) is 121 Å². The van der Waals surface area contributed by atoms with Gasteiger partial charge in [-0.3, -0.25) is 43.5 Å². The molecule has 3 saturated heterocycles. The van der Waals surface area contributed by atoms with Crippen LogP contribution >= 0.6 is 11.3 Å². The van der Waals surface area contributed by atoms with Gasteiger partial charge in [-0.1, -0.05) is 57.2 Å². The second-order valence-corrected chi connectivity index (χ2v) is 26.1. The summed E-state index contributed by atoms with van der Waals surface area (Å²) in [6.45, 7) is 19.6. The minimum Gasteiger partial charge on any atom is -0.391 e. The molecule has 3 aliphatic heterocycles. The fraction of sp³-hybridized carbons (Fsp3) is 0.537. The smallest absolute Gasteiger partial charge is 0.391 e. The molecule has 27 heteroatoms. The first-order chi connectivity index (χ1) is 44.8. The second-order valence-electron chi connectivity index (χ2n) is 25.3. The SMILES string of the molecule is Cc1ncsc1-c1ccc(CNC(=O)[C@@H]2C[C@@H](O)CN2C(=O)[C@@H](NC(=O)CCOCCOCCOCCOCCC(=O)NCCN2CCN(Cc3ccc(F)c(-c4ccc(N5C[C@@H](C)N(C)[C@@H](C)C5)c(NC(=O)c5c[nH]c(=O)cc5C(F)(F)F)c4)c3)CC2)C(C)(C)C)cc1. The molecule has 8 rings (SSSR count). The van der Waals surface area contributed by atoms with Crippen LogP contribution in [-0.2, 0) is 57.4 Å². The van der Waals surface area contributed by atoms with Gasteiger partial charge >= 0.3 is 6.18 Å². The molecule has 5 amide bonds. The molecule has 6 N–H and O–H groups in total. The van der Waals surface area contributed by atoms with Gasteiger partial charge in [0.25, 0.3) is 5.91 Å². The number of likely N-dealkylation sites (tertiary alicyclic amines) is 1. The van der Waals surface area contributed by atoms with Gasteiger partial charge in [-0.2, -0.15) is 13.2 Å². The number of nitrogens with zero attached hydrogens (tertiary/aromatic N) is 6. The molecule has 3 aliphatic rings. The zero-order chi connectivity index (χ0) is 67.7.